The molecule has 0 unspecified atom stereocenters. The maximum atomic E-state index is 12.0. The summed E-state index contributed by atoms with van der Waals surface area (Å²) in [5.74, 6) is -0.398. The average molecular weight is 263 g/mol. The van der Waals surface area contributed by atoms with E-state index in [-0.39, 0.29) is 16.6 Å². The number of carbonyl (C=O) groups excluding carboxylic acids is 2. The van der Waals surface area contributed by atoms with Gasteiger partial charge >= 0.3 is 0 Å². The lowest BCUT2D eigenvalue weighted by molar-refractivity contribution is 0.0989. The van der Waals surface area contributed by atoms with Gasteiger partial charge in [0, 0.05) is 17.2 Å². The lowest BCUT2D eigenvalue weighted by Gasteiger charge is -2.15. The minimum atomic E-state index is -0.247. The highest BCUT2D eigenvalue weighted by molar-refractivity contribution is 6.49. The standard InChI is InChI=1S/C15H15ClO2/c1-2-3-4-6-10-7-5-8-11-14(10)13(17)9-12(16)15(11)18/h5,7-9H,2-4,6H2,1H3. The van der Waals surface area contributed by atoms with Gasteiger partial charge in [0.2, 0.25) is 5.78 Å². The van der Waals surface area contributed by atoms with Gasteiger partial charge in [0.15, 0.2) is 5.78 Å². The molecule has 0 amide bonds. The number of fused-ring (bicyclic) bond motifs is 1. The molecule has 0 bridgehead atoms. The number of rotatable bonds is 4. The Labute approximate surface area is 112 Å². The number of carbonyl (C=O) groups is 2. The smallest absolute Gasteiger partial charge is 0.205 e. The molecular weight excluding hydrogens is 248 g/mol. The number of unbranched alkanes of at least 4 members (excludes halogenated alkanes) is 2. The molecule has 0 fully saturated rings. The molecule has 1 aliphatic carbocycles. The number of halogens is 1. The van der Waals surface area contributed by atoms with Crippen molar-refractivity contribution < 1.29 is 9.59 Å². The first kappa shape index (κ1) is 13.0. The molecule has 0 saturated carbocycles. The number of hydrogen-bond acceptors (Lipinski definition) is 2. The van der Waals surface area contributed by atoms with E-state index < -0.39 is 0 Å². The number of Topliss-reactive ketones (excluding diaryl/α,β-unsaturated/α-hetero) is 1. The summed E-state index contributed by atoms with van der Waals surface area (Å²) in [6.45, 7) is 2.14. The van der Waals surface area contributed by atoms with Crippen molar-refractivity contribution in [2.24, 2.45) is 0 Å². The topological polar surface area (TPSA) is 34.1 Å². The fourth-order valence-electron chi connectivity index (χ4n) is 2.24. The minimum Gasteiger partial charge on any atom is -0.289 e. The summed E-state index contributed by atoms with van der Waals surface area (Å²) in [5, 5.41) is 0.0122. The third-order valence-corrected chi connectivity index (χ3v) is 3.45. The largest absolute Gasteiger partial charge is 0.289 e. The van der Waals surface area contributed by atoms with E-state index in [2.05, 4.69) is 6.92 Å². The molecule has 3 heteroatoms. The van der Waals surface area contributed by atoms with Crippen LogP contribution in [0, 0.1) is 0 Å². The van der Waals surface area contributed by atoms with Crippen LogP contribution in [0.25, 0.3) is 0 Å². The van der Waals surface area contributed by atoms with Gasteiger partial charge in [-0.15, -0.1) is 0 Å². The lowest BCUT2D eigenvalue weighted by Crippen LogP contribution is -2.16. The van der Waals surface area contributed by atoms with E-state index in [4.69, 9.17) is 11.6 Å². The van der Waals surface area contributed by atoms with Crippen molar-refractivity contribution in [1.82, 2.24) is 0 Å². The van der Waals surface area contributed by atoms with Gasteiger partial charge in [0.1, 0.15) is 0 Å². The number of hydrogen-bond donors (Lipinski definition) is 0. The van der Waals surface area contributed by atoms with Crippen molar-refractivity contribution in [1.29, 1.82) is 0 Å². The molecule has 2 nitrogen and oxygen atoms in total. The van der Waals surface area contributed by atoms with Crippen LogP contribution in [0.1, 0.15) is 52.5 Å². The molecular formula is C15H15ClO2. The van der Waals surface area contributed by atoms with Gasteiger partial charge in [0.25, 0.3) is 0 Å². The van der Waals surface area contributed by atoms with Crippen molar-refractivity contribution >= 4 is 23.2 Å². The zero-order valence-electron chi connectivity index (χ0n) is 10.3. The van der Waals surface area contributed by atoms with E-state index in [9.17, 15) is 9.59 Å². The van der Waals surface area contributed by atoms with Crippen LogP contribution in [0.3, 0.4) is 0 Å². The van der Waals surface area contributed by atoms with Crippen LogP contribution in [-0.2, 0) is 6.42 Å². The van der Waals surface area contributed by atoms with Crippen LogP contribution in [0.2, 0.25) is 0 Å². The summed E-state index contributed by atoms with van der Waals surface area (Å²) in [6, 6.07) is 5.42. The molecule has 0 heterocycles. The van der Waals surface area contributed by atoms with E-state index in [0.29, 0.717) is 11.1 Å². The van der Waals surface area contributed by atoms with E-state index >= 15 is 0 Å². The number of benzene rings is 1. The molecule has 2 rings (SSSR count). The maximum Gasteiger partial charge on any atom is 0.205 e. The van der Waals surface area contributed by atoms with Crippen LogP contribution < -0.4 is 0 Å². The van der Waals surface area contributed by atoms with Crippen LogP contribution in [-0.4, -0.2) is 11.6 Å². The fraction of sp³-hybridized carbons (Fsp3) is 0.333. The van der Waals surface area contributed by atoms with Crippen LogP contribution in [0.15, 0.2) is 29.3 Å². The molecule has 94 valence electrons. The highest BCUT2D eigenvalue weighted by Crippen LogP contribution is 2.27. The molecule has 18 heavy (non-hydrogen) atoms. The van der Waals surface area contributed by atoms with Crippen molar-refractivity contribution in [3.63, 3.8) is 0 Å². The molecule has 0 spiro atoms. The summed E-state index contributed by atoms with van der Waals surface area (Å²) >= 11 is 5.76. The predicted octanol–water partition coefficient (Wildman–Crippen LogP) is 3.92. The maximum absolute atomic E-state index is 12.0. The normalized spacial score (nSPS) is 14.4. The van der Waals surface area contributed by atoms with Crippen LogP contribution >= 0.6 is 11.6 Å². The van der Waals surface area contributed by atoms with Crippen molar-refractivity contribution in [2.75, 3.05) is 0 Å². The zero-order chi connectivity index (χ0) is 13.1. The number of ketones is 2. The Hall–Kier alpha value is -1.41. The summed E-state index contributed by atoms with van der Waals surface area (Å²) < 4.78 is 0. The van der Waals surface area contributed by atoms with Crippen molar-refractivity contribution in [3.8, 4) is 0 Å². The predicted molar refractivity (Wildman–Crippen MR) is 72.3 cm³/mol. The molecule has 0 aliphatic heterocycles. The molecule has 1 aromatic rings. The van der Waals surface area contributed by atoms with E-state index in [0.717, 1.165) is 31.2 Å². The summed E-state index contributed by atoms with van der Waals surface area (Å²) in [5.41, 5.74) is 1.95. The van der Waals surface area contributed by atoms with Crippen LogP contribution in [0.4, 0.5) is 0 Å². The van der Waals surface area contributed by atoms with Gasteiger partial charge in [-0.05, 0) is 18.4 Å². The number of aryl methyl sites for hydroxylation is 1. The Bertz CT molecular complexity index is 529. The Kier molecular flexibility index (Phi) is 3.97. The van der Waals surface area contributed by atoms with E-state index in [1.807, 2.05) is 12.1 Å². The molecule has 0 saturated heterocycles. The summed E-state index contributed by atoms with van der Waals surface area (Å²) in [6.07, 6.45) is 5.36. The first-order valence-electron chi connectivity index (χ1n) is 6.23. The Balaban J connectivity index is 2.37. The molecule has 1 aromatic carbocycles. The SMILES string of the molecule is CCCCCc1cccc2c1C(=O)C=C(Cl)C2=O. The third kappa shape index (κ3) is 2.39. The Morgan fingerprint density at radius 1 is 1.17 bits per heavy atom. The van der Waals surface area contributed by atoms with E-state index in [1.165, 1.54) is 6.08 Å². The summed E-state index contributed by atoms with van der Waals surface area (Å²) in [4.78, 5) is 23.9. The lowest BCUT2D eigenvalue weighted by atomic mass is 9.88. The van der Waals surface area contributed by atoms with Gasteiger partial charge in [-0.25, -0.2) is 0 Å². The fourth-order valence-corrected chi connectivity index (χ4v) is 2.44. The summed E-state index contributed by atoms with van der Waals surface area (Å²) in [7, 11) is 0. The van der Waals surface area contributed by atoms with Gasteiger partial charge < -0.3 is 0 Å². The van der Waals surface area contributed by atoms with E-state index in [1.54, 1.807) is 6.07 Å². The first-order valence-corrected chi connectivity index (χ1v) is 6.61. The highest BCUT2D eigenvalue weighted by Gasteiger charge is 2.26. The van der Waals surface area contributed by atoms with Gasteiger partial charge in [-0.2, -0.15) is 0 Å². The second kappa shape index (κ2) is 5.49. The first-order chi connectivity index (χ1) is 8.65. The molecule has 0 atom stereocenters. The van der Waals surface area contributed by atoms with Gasteiger partial charge in [-0.1, -0.05) is 49.6 Å². The molecule has 1 aliphatic rings. The highest BCUT2D eigenvalue weighted by atomic mass is 35.5. The second-order valence-electron chi connectivity index (χ2n) is 4.48. The molecule has 0 radical (unpaired) electrons. The Morgan fingerprint density at radius 3 is 2.67 bits per heavy atom. The average Bonchev–Trinajstić information content (AvgIpc) is 2.36. The monoisotopic (exact) mass is 262 g/mol. The Morgan fingerprint density at radius 2 is 1.94 bits per heavy atom. The third-order valence-electron chi connectivity index (χ3n) is 3.17. The van der Waals surface area contributed by atoms with Gasteiger partial charge in [0.05, 0.1) is 5.03 Å². The second-order valence-corrected chi connectivity index (χ2v) is 4.89. The minimum absolute atomic E-state index is 0.0122. The molecule has 0 N–H and O–H groups in total. The van der Waals surface area contributed by atoms with Crippen LogP contribution in [0.5, 0.6) is 0 Å². The van der Waals surface area contributed by atoms with Crippen molar-refractivity contribution in [2.45, 2.75) is 32.6 Å². The van der Waals surface area contributed by atoms with Gasteiger partial charge in [-0.3, -0.25) is 9.59 Å². The zero-order valence-corrected chi connectivity index (χ0v) is 11.1. The van der Waals surface area contributed by atoms with Crippen molar-refractivity contribution in [3.05, 3.63) is 46.0 Å². The molecule has 0 aromatic heterocycles. The quantitative estimate of drug-likeness (QED) is 0.771. The number of allylic oxidation sites excluding steroid dienone is 2.